The summed E-state index contributed by atoms with van der Waals surface area (Å²) in [6.45, 7) is 2.04. The Morgan fingerprint density at radius 2 is 2.00 bits per heavy atom. The molecule has 0 atom stereocenters. The van der Waals surface area contributed by atoms with Gasteiger partial charge in [0.2, 0.25) is 0 Å². The van der Waals surface area contributed by atoms with Gasteiger partial charge in [-0.1, -0.05) is 0 Å². The highest BCUT2D eigenvalue weighted by Crippen LogP contribution is 2.36. The first-order valence-corrected chi connectivity index (χ1v) is 9.47. The Hall–Kier alpha value is -0.680. The Morgan fingerprint density at radius 1 is 1.29 bits per heavy atom. The molecule has 0 aromatic carbocycles. The van der Waals surface area contributed by atoms with Gasteiger partial charge in [0.15, 0.2) is 5.65 Å². The van der Waals surface area contributed by atoms with E-state index in [2.05, 4.69) is 15.9 Å². The third-order valence-electron chi connectivity index (χ3n) is 4.57. The predicted molar refractivity (Wildman–Crippen MR) is 90.5 cm³/mol. The van der Waals surface area contributed by atoms with Gasteiger partial charge in [0.05, 0.1) is 5.69 Å². The molecule has 4 nitrogen and oxygen atoms in total. The monoisotopic (exact) mass is 326 g/mol. The summed E-state index contributed by atoms with van der Waals surface area (Å²) in [5.74, 6) is 1.75. The number of hydrogen-bond donors (Lipinski definition) is 0. The van der Waals surface area contributed by atoms with Crippen molar-refractivity contribution in [2.45, 2.75) is 50.3 Å². The first-order valence-electron chi connectivity index (χ1n) is 7.64. The van der Waals surface area contributed by atoms with E-state index in [0.29, 0.717) is 11.9 Å². The molecule has 0 bridgehead atoms. The number of fused-ring (bicyclic) bond motifs is 1. The van der Waals surface area contributed by atoms with Crippen LogP contribution in [0.15, 0.2) is 0 Å². The van der Waals surface area contributed by atoms with Gasteiger partial charge in [0.1, 0.15) is 11.3 Å². The van der Waals surface area contributed by atoms with Crippen molar-refractivity contribution >= 4 is 34.5 Å². The summed E-state index contributed by atoms with van der Waals surface area (Å²) in [5, 5.41) is 5.36. The summed E-state index contributed by atoms with van der Waals surface area (Å²) in [5.41, 5.74) is 3.23. The maximum absolute atomic E-state index is 5.99. The molecule has 6 heteroatoms. The molecule has 0 spiro atoms. The molecular weight excluding hydrogens is 304 g/mol. The lowest BCUT2D eigenvalue weighted by molar-refractivity contribution is 0.356. The Labute approximate surface area is 135 Å². The molecule has 1 fully saturated rings. The van der Waals surface area contributed by atoms with Crippen LogP contribution in [-0.4, -0.2) is 36.7 Å². The summed E-state index contributed by atoms with van der Waals surface area (Å²) in [7, 11) is 2.02. The normalized spacial score (nSPS) is 23.0. The zero-order valence-corrected chi connectivity index (χ0v) is 14.5. The van der Waals surface area contributed by atoms with Crippen LogP contribution < -0.4 is 0 Å². The second kappa shape index (κ2) is 6.21. The highest BCUT2D eigenvalue weighted by Gasteiger charge is 2.27. The first-order chi connectivity index (χ1) is 10.2. The molecule has 0 amide bonds. The molecular formula is C15H23ClN4S. The van der Waals surface area contributed by atoms with Gasteiger partial charge in [-0.05, 0) is 38.9 Å². The van der Waals surface area contributed by atoms with Gasteiger partial charge in [-0.2, -0.15) is 16.9 Å². The summed E-state index contributed by atoms with van der Waals surface area (Å²) in [4.78, 5) is 4.83. The van der Waals surface area contributed by atoms with Crippen LogP contribution >= 0.6 is 23.4 Å². The first kappa shape index (κ1) is 15.2. The number of rotatable bonds is 4. The maximum Gasteiger partial charge on any atom is 0.158 e. The van der Waals surface area contributed by atoms with Crippen molar-refractivity contribution in [2.24, 2.45) is 7.05 Å². The van der Waals surface area contributed by atoms with E-state index in [1.54, 1.807) is 0 Å². The van der Waals surface area contributed by atoms with Crippen LogP contribution in [0.1, 0.15) is 43.2 Å². The number of aryl methyl sites for hydroxylation is 3. The number of halogens is 1. The van der Waals surface area contributed by atoms with Crippen LogP contribution in [0.3, 0.4) is 0 Å². The fraction of sp³-hybridized carbons (Fsp3) is 0.733. The van der Waals surface area contributed by atoms with E-state index in [9.17, 15) is 0 Å². The molecule has 1 saturated carbocycles. The number of alkyl halides is 1. The molecule has 2 heterocycles. The van der Waals surface area contributed by atoms with E-state index in [1.807, 2.05) is 30.4 Å². The lowest BCUT2D eigenvalue weighted by atomic mass is 9.94. The standard InChI is InChI=1S/C15H23ClN4S/c1-10-14-15(19(2)18-10)20(13(17-14)8-9-16)11-4-6-12(21-3)7-5-11/h11-12H,4-9H2,1-3H3. The van der Waals surface area contributed by atoms with Crippen LogP contribution in [0.5, 0.6) is 0 Å². The van der Waals surface area contributed by atoms with Gasteiger partial charge in [-0.25, -0.2) is 4.98 Å². The smallest absolute Gasteiger partial charge is 0.158 e. The molecule has 0 radical (unpaired) electrons. The van der Waals surface area contributed by atoms with Crippen molar-refractivity contribution in [1.29, 1.82) is 0 Å². The molecule has 0 aliphatic heterocycles. The van der Waals surface area contributed by atoms with Crippen molar-refractivity contribution < 1.29 is 0 Å². The number of hydrogen-bond acceptors (Lipinski definition) is 3. The SMILES string of the molecule is CSC1CCC(n2c(CCCl)nc3c(C)nn(C)c32)CC1. The third kappa shape index (κ3) is 2.70. The summed E-state index contributed by atoms with van der Waals surface area (Å²) >= 11 is 7.99. The zero-order chi connectivity index (χ0) is 15.0. The zero-order valence-electron chi connectivity index (χ0n) is 13.0. The van der Waals surface area contributed by atoms with E-state index in [1.165, 1.54) is 31.3 Å². The number of aromatic nitrogens is 4. The molecule has 0 N–H and O–H groups in total. The van der Waals surface area contributed by atoms with Gasteiger partial charge in [0.25, 0.3) is 0 Å². The van der Waals surface area contributed by atoms with Crippen LogP contribution in [0.4, 0.5) is 0 Å². The number of thioether (sulfide) groups is 1. The number of nitrogens with zero attached hydrogens (tertiary/aromatic N) is 4. The van der Waals surface area contributed by atoms with Crippen LogP contribution in [0.2, 0.25) is 0 Å². The fourth-order valence-electron chi connectivity index (χ4n) is 3.52. The van der Waals surface area contributed by atoms with Gasteiger partial charge >= 0.3 is 0 Å². The van der Waals surface area contributed by atoms with E-state index >= 15 is 0 Å². The number of imidazole rings is 1. The maximum atomic E-state index is 5.99. The van der Waals surface area contributed by atoms with Crippen LogP contribution in [0.25, 0.3) is 11.2 Å². The fourth-order valence-corrected chi connectivity index (χ4v) is 4.44. The quantitative estimate of drug-likeness (QED) is 0.804. The highest BCUT2D eigenvalue weighted by molar-refractivity contribution is 7.99. The second-order valence-corrected chi connectivity index (χ2v) is 7.40. The minimum atomic E-state index is 0.548. The van der Waals surface area contributed by atoms with E-state index in [0.717, 1.165) is 28.7 Å². The minimum absolute atomic E-state index is 0.548. The van der Waals surface area contributed by atoms with Crippen molar-refractivity contribution in [3.8, 4) is 0 Å². The Kier molecular flexibility index (Phi) is 4.50. The second-order valence-electron chi connectivity index (χ2n) is 5.88. The minimum Gasteiger partial charge on any atom is -0.310 e. The van der Waals surface area contributed by atoms with Crippen molar-refractivity contribution in [3.05, 3.63) is 11.5 Å². The van der Waals surface area contributed by atoms with Crippen molar-refractivity contribution in [2.75, 3.05) is 12.1 Å². The Bertz CT molecular complexity index is 625. The van der Waals surface area contributed by atoms with E-state index < -0.39 is 0 Å². The van der Waals surface area contributed by atoms with Gasteiger partial charge in [-0.15, -0.1) is 11.6 Å². The van der Waals surface area contributed by atoms with Gasteiger partial charge in [0, 0.05) is 30.6 Å². The van der Waals surface area contributed by atoms with Crippen molar-refractivity contribution in [3.63, 3.8) is 0 Å². The van der Waals surface area contributed by atoms with Crippen molar-refractivity contribution in [1.82, 2.24) is 19.3 Å². The molecule has 116 valence electrons. The molecule has 21 heavy (non-hydrogen) atoms. The van der Waals surface area contributed by atoms with Crippen LogP contribution in [-0.2, 0) is 13.5 Å². The lowest BCUT2D eigenvalue weighted by Gasteiger charge is -2.29. The van der Waals surface area contributed by atoms with E-state index in [4.69, 9.17) is 16.6 Å². The molecule has 1 aliphatic rings. The Morgan fingerprint density at radius 3 is 2.62 bits per heavy atom. The topological polar surface area (TPSA) is 35.6 Å². The molecule has 1 aliphatic carbocycles. The highest BCUT2D eigenvalue weighted by atomic mass is 35.5. The molecule has 2 aromatic heterocycles. The van der Waals surface area contributed by atoms with E-state index in [-0.39, 0.29) is 0 Å². The van der Waals surface area contributed by atoms with Crippen LogP contribution in [0, 0.1) is 6.92 Å². The lowest BCUT2D eigenvalue weighted by Crippen LogP contribution is -2.22. The predicted octanol–water partition coefficient (Wildman–Crippen LogP) is 3.71. The Balaban J connectivity index is 2.01. The average Bonchev–Trinajstić information content (AvgIpc) is 2.98. The van der Waals surface area contributed by atoms with Gasteiger partial charge in [-0.3, -0.25) is 4.68 Å². The largest absolute Gasteiger partial charge is 0.310 e. The molecule has 2 aromatic rings. The summed E-state index contributed by atoms with van der Waals surface area (Å²) in [6.07, 6.45) is 8.11. The molecule has 0 saturated heterocycles. The summed E-state index contributed by atoms with van der Waals surface area (Å²) in [6, 6.07) is 0.548. The molecule has 0 unspecified atom stereocenters. The summed E-state index contributed by atoms with van der Waals surface area (Å²) < 4.78 is 4.41. The average molecular weight is 327 g/mol. The third-order valence-corrected chi connectivity index (χ3v) is 5.90. The molecule has 3 rings (SSSR count). The van der Waals surface area contributed by atoms with Gasteiger partial charge < -0.3 is 4.57 Å².